The van der Waals surface area contributed by atoms with Crippen molar-refractivity contribution in [3.63, 3.8) is 0 Å². The minimum absolute atomic E-state index is 0.754. The van der Waals surface area contributed by atoms with Crippen LogP contribution in [0, 0.1) is 13.8 Å². The predicted molar refractivity (Wildman–Crippen MR) is 70.9 cm³/mol. The van der Waals surface area contributed by atoms with Gasteiger partial charge in [0.1, 0.15) is 5.75 Å². The molecule has 0 saturated heterocycles. The van der Waals surface area contributed by atoms with Gasteiger partial charge in [0.05, 0.1) is 13.7 Å². The first-order chi connectivity index (χ1) is 8.19. The van der Waals surface area contributed by atoms with E-state index in [0.717, 1.165) is 31.9 Å². The summed E-state index contributed by atoms with van der Waals surface area (Å²) in [6.07, 6.45) is 0.982. The Bertz CT molecular complexity index is 350. The van der Waals surface area contributed by atoms with Gasteiger partial charge < -0.3 is 14.8 Å². The Balaban J connectivity index is 2.57. The molecule has 0 aliphatic carbocycles. The number of aryl methyl sites for hydroxylation is 2. The monoisotopic (exact) mass is 237 g/mol. The highest BCUT2D eigenvalue weighted by Crippen LogP contribution is 2.25. The quantitative estimate of drug-likeness (QED) is 0.737. The summed E-state index contributed by atoms with van der Waals surface area (Å²) >= 11 is 0. The van der Waals surface area contributed by atoms with E-state index in [0.29, 0.717) is 0 Å². The second kappa shape index (κ2) is 7.30. The van der Waals surface area contributed by atoms with Crippen LogP contribution in [0.1, 0.15) is 16.7 Å². The molecule has 0 fully saturated rings. The maximum atomic E-state index is 5.46. The molecule has 3 nitrogen and oxygen atoms in total. The van der Waals surface area contributed by atoms with Gasteiger partial charge in [-0.2, -0.15) is 0 Å². The van der Waals surface area contributed by atoms with Crippen LogP contribution < -0.4 is 10.1 Å². The van der Waals surface area contributed by atoms with Crippen molar-refractivity contribution in [2.45, 2.75) is 20.3 Å². The van der Waals surface area contributed by atoms with E-state index in [1.165, 1.54) is 16.7 Å². The summed E-state index contributed by atoms with van der Waals surface area (Å²) < 4.78 is 10.4. The largest absolute Gasteiger partial charge is 0.496 e. The molecule has 0 radical (unpaired) electrons. The van der Waals surface area contributed by atoms with Crippen LogP contribution in [0.15, 0.2) is 12.1 Å². The molecule has 1 N–H and O–H groups in total. The second-order valence-corrected chi connectivity index (χ2v) is 4.27. The first-order valence-electron chi connectivity index (χ1n) is 6.02. The molecule has 0 heterocycles. The number of benzene rings is 1. The van der Waals surface area contributed by atoms with Crippen LogP contribution in [-0.4, -0.2) is 33.9 Å². The zero-order valence-electron chi connectivity index (χ0n) is 11.3. The lowest BCUT2D eigenvalue weighted by molar-refractivity contribution is 0.199. The summed E-state index contributed by atoms with van der Waals surface area (Å²) in [6.45, 7) is 6.80. The Labute approximate surface area is 104 Å². The van der Waals surface area contributed by atoms with Crippen molar-refractivity contribution in [3.05, 3.63) is 28.8 Å². The van der Waals surface area contributed by atoms with Crippen molar-refractivity contribution in [2.75, 3.05) is 33.9 Å². The SMILES string of the molecule is COCCNCCc1cc(C)cc(C)c1OC. The molecular formula is C14H23NO2. The van der Waals surface area contributed by atoms with E-state index in [1.54, 1.807) is 14.2 Å². The van der Waals surface area contributed by atoms with Gasteiger partial charge in [-0.25, -0.2) is 0 Å². The first kappa shape index (κ1) is 14.0. The molecule has 0 saturated carbocycles. The van der Waals surface area contributed by atoms with Crippen LogP contribution in [0.5, 0.6) is 5.75 Å². The summed E-state index contributed by atoms with van der Waals surface area (Å²) in [5, 5.41) is 3.34. The van der Waals surface area contributed by atoms with Crippen molar-refractivity contribution in [1.82, 2.24) is 5.32 Å². The maximum absolute atomic E-state index is 5.46. The summed E-state index contributed by atoms with van der Waals surface area (Å²) in [6, 6.07) is 4.35. The Kier molecular flexibility index (Phi) is 6.01. The van der Waals surface area contributed by atoms with Crippen LogP contribution in [0.4, 0.5) is 0 Å². The fourth-order valence-corrected chi connectivity index (χ4v) is 2.04. The Morgan fingerprint density at radius 3 is 2.53 bits per heavy atom. The van der Waals surface area contributed by atoms with Crippen molar-refractivity contribution >= 4 is 0 Å². The molecule has 0 aliphatic heterocycles. The number of rotatable bonds is 7. The lowest BCUT2D eigenvalue weighted by atomic mass is 10.0. The number of hydrogen-bond donors (Lipinski definition) is 1. The molecule has 1 aromatic rings. The smallest absolute Gasteiger partial charge is 0.125 e. The highest BCUT2D eigenvalue weighted by Gasteiger charge is 2.06. The van der Waals surface area contributed by atoms with E-state index in [4.69, 9.17) is 9.47 Å². The molecule has 0 aliphatic rings. The molecule has 96 valence electrons. The zero-order chi connectivity index (χ0) is 12.7. The van der Waals surface area contributed by atoms with E-state index in [-0.39, 0.29) is 0 Å². The number of nitrogens with one attached hydrogen (secondary N) is 1. The molecule has 1 aromatic carbocycles. The molecule has 0 amide bonds. The Morgan fingerprint density at radius 1 is 1.12 bits per heavy atom. The van der Waals surface area contributed by atoms with Crippen LogP contribution in [0.2, 0.25) is 0 Å². The van der Waals surface area contributed by atoms with E-state index in [9.17, 15) is 0 Å². The topological polar surface area (TPSA) is 30.5 Å². The zero-order valence-corrected chi connectivity index (χ0v) is 11.3. The van der Waals surface area contributed by atoms with Crippen LogP contribution in [0.3, 0.4) is 0 Å². The van der Waals surface area contributed by atoms with Gasteiger partial charge in [0, 0.05) is 13.7 Å². The third kappa shape index (κ3) is 4.36. The van der Waals surface area contributed by atoms with Crippen molar-refractivity contribution in [1.29, 1.82) is 0 Å². The Morgan fingerprint density at radius 2 is 1.88 bits per heavy atom. The Hall–Kier alpha value is -1.06. The molecule has 0 aromatic heterocycles. The molecule has 0 unspecified atom stereocenters. The van der Waals surface area contributed by atoms with E-state index in [2.05, 4.69) is 31.3 Å². The van der Waals surface area contributed by atoms with E-state index < -0.39 is 0 Å². The normalized spacial score (nSPS) is 10.6. The summed E-state index contributed by atoms with van der Waals surface area (Å²) in [5.74, 6) is 1.02. The fourth-order valence-electron chi connectivity index (χ4n) is 2.04. The number of methoxy groups -OCH3 is 2. The summed E-state index contributed by atoms with van der Waals surface area (Å²) in [7, 11) is 3.45. The highest BCUT2D eigenvalue weighted by atomic mass is 16.5. The minimum Gasteiger partial charge on any atom is -0.496 e. The van der Waals surface area contributed by atoms with Crippen LogP contribution >= 0.6 is 0 Å². The predicted octanol–water partition coefficient (Wildman–Crippen LogP) is 2.09. The lowest BCUT2D eigenvalue weighted by Gasteiger charge is -2.13. The average Bonchev–Trinajstić information content (AvgIpc) is 2.28. The van der Waals surface area contributed by atoms with E-state index >= 15 is 0 Å². The van der Waals surface area contributed by atoms with Gasteiger partial charge in [-0.05, 0) is 37.9 Å². The molecule has 3 heteroatoms. The van der Waals surface area contributed by atoms with Gasteiger partial charge in [0.25, 0.3) is 0 Å². The number of ether oxygens (including phenoxy) is 2. The van der Waals surface area contributed by atoms with Crippen molar-refractivity contribution < 1.29 is 9.47 Å². The third-order valence-electron chi connectivity index (χ3n) is 2.75. The van der Waals surface area contributed by atoms with Crippen molar-refractivity contribution in [3.8, 4) is 5.75 Å². The fraction of sp³-hybridized carbons (Fsp3) is 0.571. The third-order valence-corrected chi connectivity index (χ3v) is 2.75. The average molecular weight is 237 g/mol. The molecule has 17 heavy (non-hydrogen) atoms. The molecule has 0 spiro atoms. The van der Waals surface area contributed by atoms with Gasteiger partial charge in [0.2, 0.25) is 0 Å². The summed E-state index contributed by atoms with van der Waals surface area (Å²) in [5.41, 5.74) is 3.77. The maximum Gasteiger partial charge on any atom is 0.125 e. The van der Waals surface area contributed by atoms with Gasteiger partial charge >= 0.3 is 0 Å². The minimum atomic E-state index is 0.754. The van der Waals surface area contributed by atoms with Gasteiger partial charge in [-0.15, -0.1) is 0 Å². The molecular weight excluding hydrogens is 214 g/mol. The van der Waals surface area contributed by atoms with Gasteiger partial charge in [0.15, 0.2) is 0 Å². The first-order valence-corrected chi connectivity index (χ1v) is 6.02. The van der Waals surface area contributed by atoms with Crippen LogP contribution in [0.25, 0.3) is 0 Å². The molecule has 0 bridgehead atoms. The van der Waals surface area contributed by atoms with Crippen molar-refractivity contribution in [2.24, 2.45) is 0 Å². The molecule has 1 rings (SSSR count). The standard InChI is InChI=1S/C14H23NO2/c1-11-9-12(2)14(17-4)13(10-11)5-6-15-7-8-16-3/h9-10,15H,5-8H2,1-4H3. The molecule has 0 atom stereocenters. The number of hydrogen-bond acceptors (Lipinski definition) is 3. The van der Waals surface area contributed by atoms with Gasteiger partial charge in [-0.1, -0.05) is 17.7 Å². The highest BCUT2D eigenvalue weighted by molar-refractivity contribution is 5.43. The second-order valence-electron chi connectivity index (χ2n) is 4.27. The van der Waals surface area contributed by atoms with Gasteiger partial charge in [-0.3, -0.25) is 0 Å². The summed E-state index contributed by atoms with van der Waals surface area (Å²) in [4.78, 5) is 0. The lowest BCUT2D eigenvalue weighted by Crippen LogP contribution is -2.22. The van der Waals surface area contributed by atoms with E-state index in [1.807, 2.05) is 0 Å². The van der Waals surface area contributed by atoms with Crippen LogP contribution in [-0.2, 0) is 11.2 Å².